The summed E-state index contributed by atoms with van der Waals surface area (Å²) in [5.41, 5.74) is 14.4. The minimum Gasteiger partial charge on any atom is -0.308 e. The monoisotopic (exact) mass is 517 g/mol. The summed E-state index contributed by atoms with van der Waals surface area (Å²) in [6.45, 7) is 4.77. The topological polar surface area (TPSA) is 4.93 Å². The Bertz CT molecular complexity index is 2210. The summed E-state index contributed by atoms with van der Waals surface area (Å²) in [5.74, 6) is 0. The van der Waals surface area contributed by atoms with Crippen molar-refractivity contribution in [3.05, 3.63) is 125 Å². The smallest absolute Gasteiger partial charge is 0.0629 e. The molecule has 0 atom stereocenters. The lowest BCUT2D eigenvalue weighted by Crippen LogP contribution is -2.15. The van der Waals surface area contributed by atoms with Crippen LogP contribution in [0.5, 0.6) is 0 Å². The van der Waals surface area contributed by atoms with Crippen LogP contribution in [0.25, 0.3) is 71.6 Å². The van der Waals surface area contributed by atoms with Gasteiger partial charge in [0.25, 0.3) is 0 Å². The largest absolute Gasteiger partial charge is 0.308 e. The highest BCUT2D eigenvalue weighted by atomic mass is 35.5. The molecule has 9 rings (SSSR count). The molecule has 184 valence electrons. The summed E-state index contributed by atoms with van der Waals surface area (Å²) in [5, 5.41) is 5.66. The molecular formula is C37H24ClN. The van der Waals surface area contributed by atoms with Crippen LogP contribution < -0.4 is 0 Å². The van der Waals surface area contributed by atoms with Crippen LogP contribution in [0, 0.1) is 0 Å². The van der Waals surface area contributed by atoms with Crippen molar-refractivity contribution >= 4 is 44.2 Å². The summed E-state index contributed by atoms with van der Waals surface area (Å²) in [6, 6.07) is 40.0. The van der Waals surface area contributed by atoms with E-state index in [1.807, 2.05) is 6.07 Å². The molecule has 39 heavy (non-hydrogen) atoms. The van der Waals surface area contributed by atoms with E-state index in [9.17, 15) is 0 Å². The Hall–Kier alpha value is -4.33. The zero-order chi connectivity index (χ0) is 26.0. The van der Waals surface area contributed by atoms with Gasteiger partial charge in [-0.2, -0.15) is 0 Å². The van der Waals surface area contributed by atoms with Crippen LogP contribution in [0.4, 0.5) is 0 Å². The highest BCUT2D eigenvalue weighted by Gasteiger charge is 2.41. The molecule has 2 heteroatoms. The Balaban J connectivity index is 1.60. The van der Waals surface area contributed by atoms with Gasteiger partial charge in [-0.1, -0.05) is 110 Å². The van der Waals surface area contributed by atoms with Crippen molar-refractivity contribution in [3.8, 4) is 39.1 Å². The molecule has 0 radical (unpaired) electrons. The van der Waals surface area contributed by atoms with Gasteiger partial charge in [0.2, 0.25) is 0 Å². The van der Waals surface area contributed by atoms with Gasteiger partial charge in [0.05, 0.1) is 16.7 Å². The van der Waals surface area contributed by atoms with Crippen molar-refractivity contribution in [2.45, 2.75) is 19.3 Å². The maximum absolute atomic E-state index is 6.72. The second-order valence-electron chi connectivity index (χ2n) is 11.4. The van der Waals surface area contributed by atoms with E-state index in [2.05, 4.69) is 122 Å². The molecule has 1 aliphatic carbocycles. The second-order valence-corrected chi connectivity index (χ2v) is 11.8. The van der Waals surface area contributed by atoms with Gasteiger partial charge in [-0.15, -0.1) is 0 Å². The molecule has 0 saturated carbocycles. The molecule has 0 spiro atoms. The van der Waals surface area contributed by atoms with Gasteiger partial charge in [-0.25, -0.2) is 0 Å². The van der Waals surface area contributed by atoms with E-state index in [1.165, 1.54) is 77.4 Å². The predicted molar refractivity (Wildman–Crippen MR) is 165 cm³/mol. The van der Waals surface area contributed by atoms with Gasteiger partial charge in [0.15, 0.2) is 0 Å². The number of benzene rings is 6. The van der Waals surface area contributed by atoms with Crippen LogP contribution >= 0.6 is 11.6 Å². The normalized spacial score (nSPS) is 14.2. The summed E-state index contributed by atoms with van der Waals surface area (Å²) in [6.07, 6.45) is 0. The number of para-hydroxylation sites is 2. The number of fused-ring (bicyclic) bond motifs is 7. The highest BCUT2D eigenvalue weighted by Crippen LogP contribution is 2.59. The quantitative estimate of drug-likeness (QED) is 0.204. The average molecular weight is 518 g/mol. The molecular weight excluding hydrogens is 494 g/mol. The first kappa shape index (κ1) is 21.6. The minimum absolute atomic E-state index is 0.126. The Morgan fingerprint density at radius 3 is 2.18 bits per heavy atom. The molecule has 6 aromatic carbocycles. The van der Waals surface area contributed by atoms with E-state index in [4.69, 9.17) is 11.6 Å². The molecule has 1 aromatic heterocycles. The molecule has 0 bridgehead atoms. The van der Waals surface area contributed by atoms with Crippen molar-refractivity contribution < 1.29 is 0 Å². The maximum Gasteiger partial charge on any atom is 0.0629 e. The van der Waals surface area contributed by atoms with Crippen LogP contribution in [0.15, 0.2) is 109 Å². The Morgan fingerprint density at radius 2 is 1.26 bits per heavy atom. The fourth-order valence-electron chi connectivity index (χ4n) is 7.49. The van der Waals surface area contributed by atoms with E-state index >= 15 is 0 Å². The molecule has 0 N–H and O–H groups in total. The number of hydrogen-bond acceptors (Lipinski definition) is 0. The number of halogens is 1. The number of aromatic nitrogens is 1. The molecule has 1 nitrogen and oxygen atoms in total. The van der Waals surface area contributed by atoms with Crippen LogP contribution in [-0.4, -0.2) is 4.57 Å². The Kier molecular flexibility index (Phi) is 3.98. The van der Waals surface area contributed by atoms with Crippen LogP contribution in [-0.2, 0) is 5.41 Å². The van der Waals surface area contributed by atoms with Crippen molar-refractivity contribution in [3.63, 3.8) is 0 Å². The lowest BCUT2D eigenvalue weighted by molar-refractivity contribution is 0.661. The summed E-state index contributed by atoms with van der Waals surface area (Å²) < 4.78 is 2.53. The molecule has 7 aromatic rings. The average Bonchev–Trinajstić information content (AvgIpc) is 3.37. The van der Waals surface area contributed by atoms with Gasteiger partial charge >= 0.3 is 0 Å². The Labute approximate surface area is 231 Å². The lowest BCUT2D eigenvalue weighted by Gasteiger charge is -2.24. The third-order valence-corrected chi connectivity index (χ3v) is 9.52. The summed E-state index contributed by atoms with van der Waals surface area (Å²) in [4.78, 5) is 0. The molecule has 0 amide bonds. The summed E-state index contributed by atoms with van der Waals surface area (Å²) in [7, 11) is 0. The number of hydrogen-bond donors (Lipinski definition) is 0. The molecule has 2 aliphatic rings. The van der Waals surface area contributed by atoms with E-state index in [0.29, 0.717) is 0 Å². The van der Waals surface area contributed by atoms with Gasteiger partial charge < -0.3 is 4.57 Å². The number of rotatable bonds is 1. The zero-order valence-electron chi connectivity index (χ0n) is 21.7. The van der Waals surface area contributed by atoms with Crippen molar-refractivity contribution in [2.24, 2.45) is 0 Å². The van der Waals surface area contributed by atoms with Gasteiger partial charge in [-0.3, -0.25) is 0 Å². The molecule has 1 aliphatic heterocycles. The molecule has 0 saturated heterocycles. The third kappa shape index (κ3) is 2.52. The predicted octanol–water partition coefficient (Wildman–Crippen LogP) is 10.5. The molecule has 0 fully saturated rings. The van der Waals surface area contributed by atoms with Crippen molar-refractivity contribution in [2.75, 3.05) is 0 Å². The van der Waals surface area contributed by atoms with E-state index in [0.717, 1.165) is 10.4 Å². The van der Waals surface area contributed by atoms with E-state index < -0.39 is 0 Å². The van der Waals surface area contributed by atoms with Crippen LogP contribution in [0.3, 0.4) is 0 Å². The lowest BCUT2D eigenvalue weighted by atomic mass is 9.80. The fourth-order valence-corrected chi connectivity index (χ4v) is 7.73. The summed E-state index contributed by atoms with van der Waals surface area (Å²) >= 11 is 6.72. The van der Waals surface area contributed by atoms with Crippen molar-refractivity contribution in [1.82, 2.24) is 4.57 Å². The first-order valence-electron chi connectivity index (χ1n) is 13.6. The van der Waals surface area contributed by atoms with Crippen LogP contribution in [0.1, 0.15) is 25.0 Å². The fraction of sp³-hybridized carbons (Fsp3) is 0.0811. The SMILES string of the molecule is CC1(C)c2cccc3c2-c2c1cc(-c1cccc4c(Cl)cccc14)c1c4ccccc4n(c21)-c1ccccc1-3. The van der Waals surface area contributed by atoms with Gasteiger partial charge in [0, 0.05) is 37.7 Å². The molecule has 0 unspecified atom stereocenters. The standard InChI is InChI=1S/C37H24ClN/c1-37(2)28-16-8-15-25-24-10-3-5-18-31(24)39-32-19-6-4-11-26(32)33-27(20-29(37)35(34(25)28)36(33)39)22-12-7-14-23-21(22)13-9-17-30(23)38/h3-20H,1-2H3. The van der Waals surface area contributed by atoms with Crippen molar-refractivity contribution in [1.29, 1.82) is 0 Å². The number of nitrogens with zero attached hydrogens (tertiary/aromatic N) is 1. The highest BCUT2D eigenvalue weighted by molar-refractivity contribution is 6.36. The first-order valence-corrected chi connectivity index (χ1v) is 14.0. The minimum atomic E-state index is -0.126. The van der Waals surface area contributed by atoms with Gasteiger partial charge in [-0.05, 0) is 63.0 Å². The van der Waals surface area contributed by atoms with Crippen LogP contribution in [0.2, 0.25) is 5.02 Å². The second kappa shape index (κ2) is 7.20. The maximum atomic E-state index is 6.72. The molecule has 2 heterocycles. The van der Waals surface area contributed by atoms with E-state index in [1.54, 1.807) is 0 Å². The Morgan fingerprint density at radius 1 is 0.564 bits per heavy atom. The first-order chi connectivity index (χ1) is 19.1. The van der Waals surface area contributed by atoms with E-state index in [-0.39, 0.29) is 5.41 Å². The zero-order valence-corrected chi connectivity index (χ0v) is 22.5. The third-order valence-electron chi connectivity index (χ3n) is 9.19. The van der Waals surface area contributed by atoms with Gasteiger partial charge in [0.1, 0.15) is 0 Å².